The molecule has 5 nitrogen and oxygen atoms in total. The van der Waals surface area contributed by atoms with Crippen LogP contribution >= 0.6 is 23.4 Å². The van der Waals surface area contributed by atoms with E-state index in [1.54, 1.807) is 12.1 Å². The van der Waals surface area contributed by atoms with Crippen LogP contribution in [0.5, 0.6) is 0 Å². The number of anilines is 1. The first-order valence-electron chi connectivity index (χ1n) is 9.13. The van der Waals surface area contributed by atoms with E-state index in [1.807, 2.05) is 37.3 Å². The lowest BCUT2D eigenvalue weighted by Crippen LogP contribution is -2.23. The van der Waals surface area contributed by atoms with Gasteiger partial charge in [-0.15, -0.1) is 10.2 Å². The Labute approximate surface area is 173 Å². The highest BCUT2D eigenvalue weighted by molar-refractivity contribution is 8.00. The number of amides is 1. The van der Waals surface area contributed by atoms with Gasteiger partial charge in [-0.2, -0.15) is 0 Å². The fraction of sp³-hybridized carbons (Fsp3) is 0.286. The quantitative estimate of drug-likeness (QED) is 0.477. The highest BCUT2D eigenvalue weighted by Gasteiger charge is 2.20. The second kappa shape index (κ2) is 9.26. The van der Waals surface area contributed by atoms with Gasteiger partial charge in [0.1, 0.15) is 0 Å². The molecule has 146 valence electrons. The van der Waals surface area contributed by atoms with E-state index in [9.17, 15) is 4.79 Å². The molecule has 3 aromatic rings. The van der Waals surface area contributed by atoms with Crippen LogP contribution in [-0.4, -0.2) is 21.4 Å². The molecule has 2 aromatic carbocycles. The van der Waals surface area contributed by atoms with Crippen LogP contribution in [0.3, 0.4) is 0 Å². The van der Waals surface area contributed by atoms with E-state index >= 15 is 0 Å². The Morgan fingerprint density at radius 1 is 1.14 bits per heavy atom. The molecule has 2 unspecified atom stereocenters. The van der Waals surface area contributed by atoms with Crippen molar-refractivity contribution < 1.29 is 9.21 Å². The number of para-hydroxylation sites is 1. The number of hydrogen-bond donors (Lipinski definition) is 1. The minimum absolute atomic E-state index is 0.105. The van der Waals surface area contributed by atoms with Gasteiger partial charge in [-0.05, 0) is 55.2 Å². The van der Waals surface area contributed by atoms with E-state index < -0.39 is 0 Å². The molecule has 0 aliphatic carbocycles. The molecular weight excluding hydrogens is 394 g/mol. The van der Waals surface area contributed by atoms with Crippen molar-refractivity contribution in [3.8, 4) is 11.5 Å². The number of nitrogens with zero attached hydrogens (tertiary/aromatic N) is 2. The maximum absolute atomic E-state index is 12.7. The molecule has 0 saturated carbocycles. The van der Waals surface area contributed by atoms with Crippen LogP contribution in [0, 0.1) is 0 Å². The average Bonchev–Trinajstić information content (AvgIpc) is 3.16. The number of rotatable bonds is 7. The SMILES string of the molecule is CCC(C)c1ccccc1NC(=O)C(C)Sc1nnc(-c2ccc(Cl)cc2)o1. The average molecular weight is 416 g/mol. The third kappa shape index (κ3) is 4.94. The van der Waals surface area contributed by atoms with E-state index in [1.165, 1.54) is 11.8 Å². The summed E-state index contributed by atoms with van der Waals surface area (Å²) in [5, 5.41) is 11.7. The highest BCUT2D eigenvalue weighted by Crippen LogP contribution is 2.29. The Morgan fingerprint density at radius 3 is 2.57 bits per heavy atom. The lowest BCUT2D eigenvalue weighted by atomic mass is 9.97. The van der Waals surface area contributed by atoms with Crippen molar-refractivity contribution in [2.45, 2.75) is 43.6 Å². The summed E-state index contributed by atoms with van der Waals surface area (Å²) in [5.41, 5.74) is 2.77. The second-order valence-corrected chi connectivity index (χ2v) is 8.25. The van der Waals surface area contributed by atoms with Gasteiger partial charge in [0.2, 0.25) is 11.8 Å². The molecule has 0 saturated heterocycles. The molecule has 0 radical (unpaired) electrons. The van der Waals surface area contributed by atoms with Crippen LogP contribution in [0.4, 0.5) is 5.69 Å². The molecule has 1 aromatic heterocycles. The maximum Gasteiger partial charge on any atom is 0.277 e. The molecule has 0 aliphatic rings. The zero-order valence-electron chi connectivity index (χ0n) is 16.0. The molecular formula is C21H22ClN3O2S. The summed E-state index contributed by atoms with van der Waals surface area (Å²) in [5.74, 6) is 0.665. The van der Waals surface area contributed by atoms with Crippen LogP contribution < -0.4 is 5.32 Å². The van der Waals surface area contributed by atoms with Crippen molar-refractivity contribution in [3.05, 3.63) is 59.1 Å². The summed E-state index contributed by atoms with van der Waals surface area (Å²) in [6.45, 7) is 6.10. The Balaban J connectivity index is 1.66. The smallest absolute Gasteiger partial charge is 0.277 e. The number of carbonyl (C=O) groups is 1. The van der Waals surface area contributed by atoms with Crippen LogP contribution in [0.15, 0.2) is 58.2 Å². The van der Waals surface area contributed by atoms with Crippen LogP contribution in [0.25, 0.3) is 11.5 Å². The second-order valence-electron chi connectivity index (χ2n) is 6.53. The zero-order chi connectivity index (χ0) is 20.1. The van der Waals surface area contributed by atoms with Gasteiger partial charge in [-0.1, -0.05) is 55.4 Å². The largest absolute Gasteiger partial charge is 0.411 e. The highest BCUT2D eigenvalue weighted by atomic mass is 35.5. The predicted octanol–water partition coefficient (Wildman–Crippen LogP) is 6.02. The van der Waals surface area contributed by atoms with Crippen molar-refractivity contribution in [2.24, 2.45) is 0 Å². The van der Waals surface area contributed by atoms with E-state index in [0.717, 1.165) is 23.2 Å². The first kappa shape index (κ1) is 20.4. The van der Waals surface area contributed by atoms with Crippen LogP contribution in [0.1, 0.15) is 38.7 Å². The maximum atomic E-state index is 12.7. The van der Waals surface area contributed by atoms with Gasteiger partial charge in [-0.3, -0.25) is 4.79 Å². The standard InChI is InChI=1S/C21H22ClN3O2S/c1-4-13(2)17-7-5-6-8-18(17)23-19(26)14(3)28-21-25-24-20(27-21)15-9-11-16(22)12-10-15/h5-14H,4H2,1-3H3,(H,23,26). The lowest BCUT2D eigenvalue weighted by Gasteiger charge is -2.17. The number of nitrogens with one attached hydrogen (secondary N) is 1. The van der Waals surface area contributed by atoms with Crippen molar-refractivity contribution in [1.82, 2.24) is 10.2 Å². The van der Waals surface area contributed by atoms with Gasteiger partial charge in [0.05, 0.1) is 5.25 Å². The third-order valence-electron chi connectivity index (χ3n) is 4.51. The number of aromatic nitrogens is 2. The fourth-order valence-corrected chi connectivity index (χ4v) is 3.48. The molecule has 1 N–H and O–H groups in total. The summed E-state index contributed by atoms with van der Waals surface area (Å²) in [6.07, 6.45) is 1.01. The molecule has 3 rings (SSSR count). The number of carbonyl (C=O) groups excluding carboxylic acids is 1. The van der Waals surface area contributed by atoms with Gasteiger partial charge in [-0.25, -0.2) is 0 Å². The third-order valence-corrected chi connectivity index (χ3v) is 5.69. The van der Waals surface area contributed by atoms with Gasteiger partial charge < -0.3 is 9.73 Å². The molecule has 2 atom stereocenters. The molecule has 28 heavy (non-hydrogen) atoms. The number of hydrogen-bond acceptors (Lipinski definition) is 5. The van der Waals surface area contributed by atoms with E-state index in [2.05, 4.69) is 35.4 Å². The number of halogens is 1. The molecule has 1 amide bonds. The minimum Gasteiger partial charge on any atom is -0.411 e. The predicted molar refractivity (Wildman–Crippen MR) is 114 cm³/mol. The monoisotopic (exact) mass is 415 g/mol. The lowest BCUT2D eigenvalue weighted by molar-refractivity contribution is -0.115. The Kier molecular flexibility index (Phi) is 6.75. The van der Waals surface area contributed by atoms with Crippen molar-refractivity contribution in [3.63, 3.8) is 0 Å². The van der Waals surface area contributed by atoms with Crippen molar-refractivity contribution in [1.29, 1.82) is 0 Å². The fourth-order valence-electron chi connectivity index (χ4n) is 2.67. The normalized spacial score (nSPS) is 13.1. The molecule has 0 bridgehead atoms. The molecule has 7 heteroatoms. The molecule has 0 spiro atoms. The van der Waals surface area contributed by atoms with Crippen LogP contribution in [-0.2, 0) is 4.79 Å². The Bertz CT molecular complexity index is 943. The molecule has 1 heterocycles. The summed E-state index contributed by atoms with van der Waals surface area (Å²) >= 11 is 7.13. The van der Waals surface area contributed by atoms with Crippen molar-refractivity contribution in [2.75, 3.05) is 5.32 Å². The van der Waals surface area contributed by atoms with Gasteiger partial charge in [0.15, 0.2) is 0 Å². The Hall–Kier alpha value is -2.31. The first-order valence-corrected chi connectivity index (χ1v) is 10.4. The number of benzene rings is 2. The van der Waals surface area contributed by atoms with Crippen molar-refractivity contribution >= 4 is 35.0 Å². The summed E-state index contributed by atoms with van der Waals surface area (Å²) in [7, 11) is 0. The number of thioether (sulfide) groups is 1. The van der Waals surface area contributed by atoms with E-state index in [-0.39, 0.29) is 11.2 Å². The zero-order valence-corrected chi connectivity index (χ0v) is 17.6. The van der Waals surface area contributed by atoms with Gasteiger partial charge >= 0.3 is 0 Å². The first-order chi connectivity index (χ1) is 13.5. The molecule has 0 aliphatic heterocycles. The Morgan fingerprint density at radius 2 is 1.86 bits per heavy atom. The molecule has 0 fully saturated rings. The topological polar surface area (TPSA) is 68.0 Å². The van der Waals surface area contributed by atoms with E-state index in [0.29, 0.717) is 22.1 Å². The summed E-state index contributed by atoms with van der Waals surface area (Å²) < 4.78 is 5.68. The van der Waals surface area contributed by atoms with Gasteiger partial charge in [0, 0.05) is 16.3 Å². The minimum atomic E-state index is -0.386. The summed E-state index contributed by atoms with van der Waals surface area (Å²) in [4.78, 5) is 12.7. The van der Waals surface area contributed by atoms with Gasteiger partial charge in [0.25, 0.3) is 5.22 Å². The summed E-state index contributed by atoms with van der Waals surface area (Å²) in [6, 6.07) is 15.1. The van der Waals surface area contributed by atoms with E-state index in [4.69, 9.17) is 16.0 Å². The van der Waals surface area contributed by atoms with Crippen LogP contribution in [0.2, 0.25) is 5.02 Å².